The topological polar surface area (TPSA) is 60.2 Å². The van der Waals surface area contributed by atoms with Gasteiger partial charge >= 0.3 is 0 Å². The first-order valence-electron chi connectivity index (χ1n) is 7.60. The van der Waals surface area contributed by atoms with Gasteiger partial charge < -0.3 is 14.6 Å². The van der Waals surface area contributed by atoms with Gasteiger partial charge in [-0.2, -0.15) is 4.98 Å². The predicted molar refractivity (Wildman–Crippen MR) is 79.2 cm³/mol. The second kappa shape index (κ2) is 7.22. The standard InChI is InChI=1S/C16H21N3O2/c1-2-4-14(5-3-1)20-11-8-15-18-16(21-19-15)12-13-6-9-17-10-7-13/h1-5,13,17H,6-12H2. The van der Waals surface area contributed by atoms with Crippen molar-refractivity contribution in [1.29, 1.82) is 0 Å². The molecule has 0 unspecified atom stereocenters. The van der Waals surface area contributed by atoms with Gasteiger partial charge in [-0.15, -0.1) is 0 Å². The van der Waals surface area contributed by atoms with E-state index in [2.05, 4.69) is 15.5 Å². The van der Waals surface area contributed by atoms with Crippen molar-refractivity contribution in [1.82, 2.24) is 15.5 Å². The van der Waals surface area contributed by atoms with Gasteiger partial charge in [0.15, 0.2) is 5.82 Å². The monoisotopic (exact) mass is 287 g/mol. The number of hydrogen-bond donors (Lipinski definition) is 1. The number of hydrogen-bond acceptors (Lipinski definition) is 5. The molecule has 1 aromatic carbocycles. The van der Waals surface area contributed by atoms with Crippen molar-refractivity contribution >= 4 is 0 Å². The third-order valence-corrected chi connectivity index (χ3v) is 3.77. The van der Waals surface area contributed by atoms with Crippen LogP contribution in [0, 0.1) is 5.92 Å². The van der Waals surface area contributed by atoms with Crippen LogP contribution in [0.25, 0.3) is 0 Å². The Kier molecular flexibility index (Phi) is 4.84. The number of piperidine rings is 1. The molecule has 5 heteroatoms. The number of para-hydroxylation sites is 1. The normalized spacial score (nSPS) is 16.0. The van der Waals surface area contributed by atoms with E-state index < -0.39 is 0 Å². The molecule has 0 atom stereocenters. The fourth-order valence-electron chi connectivity index (χ4n) is 2.58. The molecule has 1 fully saturated rings. The molecule has 1 aliphatic rings. The summed E-state index contributed by atoms with van der Waals surface area (Å²) < 4.78 is 11.0. The molecule has 1 saturated heterocycles. The fraction of sp³-hybridized carbons (Fsp3) is 0.500. The zero-order chi connectivity index (χ0) is 14.3. The van der Waals surface area contributed by atoms with E-state index in [0.717, 1.165) is 37.0 Å². The van der Waals surface area contributed by atoms with Gasteiger partial charge in [-0.1, -0.05) is 23.4 Å². The first-order valence-corrected chi connectivity index (χ1v) is 7.60. The van der Waals surface area contributed by atoms with Crippen molar-refractivity contribution in [2.45, 2.75) is 25.7 Å². The summed E-state index contributed by atoms with van der Waals surface area (Å²) in [4.78, 5) is 4.46. The third kappa shape index (κ3) is 4.29. The Morgan fingerprint density at radius 2 is 2.00 bits per heavy atom. The summed E-state index contributed by atoms with van der Waals surface area (Å²) >= 11 is 0. The second-order valence-corrected chi connectivity index (χ2v) is 5.41. The molecule has 5 nitrogen and oxygen atoms in total. The predicted octanol–water partition coefficient (Wildman–Crippen LogP) is 2.23. The maximum absolute atomic E-state index is 5.64. The number of aromatic nitrogens is 2. The Morgan fingerprint density at radius 3 is 2.81 bits per heavy atom. The maximum Gasteiger partial charge on any atom is 0.226 e. The summed E-state index contributed by atoms with van der Waals surface area (Å²) in [7, 11) is 0. The number of nitrogens with zero attached hydrogens (tertiary/aromatic N) is 2. The van der Waals surface area contributed by atoms with E-state index in [-0.39, 0.29) is 0 Å². The molecule has 3 rings (SSSR count). The van der Waals surface area contributed by atoms with E-state index in [1.807, 2.05) is 30.3 Å². The lowest BCUT2D eigenvalue weighted by Crippen LogP contribution is -2.28. The van der Waals surface area contributed by atoms with Crippen molar-refractivity contribution in [3.8, 4) is 5.75 Å². The van der Waals surface area contributed by atoms with Crippen LogP contribution in [0.5, 0.6) is 5.75 Å². The SMILES string of the molecule is c1ccc(OCCc2noc(CC3CCNCC3)n2)cc1. The molecule has 21 heavy (non-hydrogen) atoms. The molecule has 0 amide bonds. The van der Waals surface area contributed by atoms with Crippen molar-refractivity contribution in [2.75, 3.05) is 19.7 Å². The summed E-state index contributed by atoms with van der Waals surface area (Å²) in [6.45, 7) is 2.75. The van der Waals surface area contributed by atoms with Crippen molar-refractivity contribution in [2.24, 2.45) is 5.92 Å². The zero-order valence-corrected chi connectivity index (χ0v) is 12.1. The molecule has 1 aromatic heterocycles. The van der Waals surface area contributed by atoms with E-state index >= 15 is 0 Å². The highest BCUT2D eigenvalue weighted by Crippen LogP contribution is 2.17. The molecule has 1 N–H and O–H groups in total. The van der Waals surface area contributed by atoms with Gasteiger partial charge in [0.05, 0.1) is 6.61 Å². The highest BCUT2D eigenvalue weighted by Gasteiger charge is 2.17. The summed E-state index contributed by atoms with van der Waals surface area (Å²) in [5.41, 5.74) is 0. The molecule has 0 aliphatic carbocycles. The van der Waals surface area contributed by atoms with Gasteiger partial charge in [-0.3, -0.25) is 0 Å². The fourth-order valence-corrected chi connectivity index (χ4v) is 2.58. The van der Waals surface area contributed by atoms with Crippen molar-refractivity contribution in [3.63, 3.8) is 0 Å². The van der Waals surface area contributed by atoms with E-state index in [4.69, 9.17) is 9.26 Å². The van der Waals surface area contributed by atoms with Crippen LogP contribution in [0.15, 0.2) is 34.9 Å². The van der Waals surface area contributed by atoms with Gasteiger partial charge in [0, 0.05) is 12.8 Å². The average molecular weight is 287 g/mol. The molecule has 0 radical (unpaired) electrons. The second-order valence-electron chi connectivity index (χ2n) is 5.41. The first kappa shape index (κ1) is 14.1. The van der Waals surface area contributed by atoms with Gasteiger partial charge in [-0.25, -0.2) is 0 Å². The van der Waals surface area contributed by atoms with Gasteiger partial charge in [0.25, 0.3) is 0 Å². The van der Waals surface area contributed by atoms with Crippen LogP contribution in [-0.4, -0.2) is 29.8 Å². The van der Waals surface area contributed by atoms with Crippen LogP contribution >= 0.6 is 0 Å². The Hall–Kier alpha value is -1.88. The molecule has 1 aliphatic heterocycles. The van der Waals surface area contributed by atoms with Crippen molar-refractivity contribution < 1.29 is 9.26 Å². The first-order chi connectivity index (χ1) is 10.4. The molecule has 112 valence electrons. The Bertz CT molecular complexity index is 535. The molecule has 0 spiro atoms. The Morgan fingerprint density at radius 1 is 1.19 bits per heavy atom. The molecular weight excluding hydrogens is 266 g/mol. The summed E-state index contributed by atoms with van der Waals surface area (Å²) in [5.74, 6) is 3.03. The van der Waals surface area contributed by atoms with Crippen LogP contribution in [-0.2, 0) is 12.8 Å². The minimum Gasteiger partial charge on any atom is -0.493 e. The van der Waals surface area contributed by atoms with E-state index in [0.29, 0.717) is 18.9 Å². The minimum atomic E-state index is 0.566. The van der Waals surface area contributed by atoms with Crippen LogP contribution in [0.2, 0.25) is 0 Å². The lowest BCUT2D eigenvalue weighted by molar-refractivity contribution is 0.304. The van der Waals surface area contributed by atoms with Crippen LogP contribution in [0.1, 0.15) is 24.6 Å². The minimum absolute atomic E-state index is 0.566. The Labute approximate surface area is 124 Å². The van der Waals surface area contributed by atoms with Crippen LogP contribution < -0.4 is 10.1 Å². The highest BCUT2D eigenvalue weighted by molar-refractivity contribution is 5.20. The van der Waals surface area contributed by atoms with E-state index in [1.165, 1.54) is 12.8 Å². The lowest BCUT2D eigenvalue weighted by atomic mass is 9.95. The van der Waals surface area contributed by atoms with Gasteiger partial charge in [0.1, 0.15) is 5.75 Å². The molecule has 0 saturated carbocycles. The molecule has 2 heterocycles. The summed E-state index contributed by atoms with van der Waals surface area (Å²) in [5, 5.41) is 7.40. The van der Waals surface area contributed by atoms with Crippen LogP contribution in [0.4, 0.5) is 0 Å². The number of ether oxygens (including phenoxy) is 1. The molecular formula is C16H21N3O2. The molecule has 0 bridgehead atoms. The Balaban J connectivity index is 1.44. The highest BCUT2D eigenvalue weighted by atomic mass is 16.5. The van der Waals surface area contributed by atoms with Crippen molar-refractivity contribution in [3.05, 3.63) is 42.0 Å². The van der Waals surface area contributed by atoms with E-state index in [1.54, 1.807) is 0 Å². The van der Waals surface area contributed by atoms with Crippen LogP contribution in [0.3, 0.4) is 0 Å². The number of nitrogens with one attached hydrogen (secondary N) is 1. The summed E-state index contributed by atoms with van der Waals surface area (Å²) in [6.07, 6.45) is 3.95. The summed E-state index contributed by atoms with van der Waals surface area (Å²) in [6, 6.07) is 9.78. The smallest absolute Gasteiger partial charge is 0.226 e. The van der Waals surface area contributed by atoms with Gasteiger partial charge in [0.2, 0.25) is 5.89 Å². The van der Waals surface area contributed by atoms with E-state index in [9.17, 15) is 0 Å². The average Bonchev–Trinajstić information content (AvgIpc) is 2.97. The quantitative estimate of drug-likeness (QED) is 0.883. The lowest BCUT2D eigenvalue weighted by Gasteiger charge is -2.20. The maximum atomic E-state index is 5.64. The molecule has 2 aromatic rings. The third-order valence-electron chi connectivity index (χ3n) is 3.77. The number of rotatable bonds is 6. The largest absolute Gasteiger partial charge is 0.493 e. The number of benzene rings is 1. The zero-order valence-electron chi connectivity index (χ0n) is 12.1. The van der Waals surface area contributed by atoms with Gasteiger partial charge in [-0.05, 0) is 44.0 Å².